The molecule has 0 aliphatic heterocycles. The van der Waals surface area contributed by atoms with Crippen LogP contribution in [0.3, 0.4) is 0 Å². The van der Waals surface area contributed by atoms with Gasteiger partial charge in [-0.1, -0.05) is 22.0 Å². The summed E-state index contributed by atoms with van der Waals surface area (Å²) in [6.45, 7) is 0.933. The van der Waals surface area contributed by atoms with E-state index in [1.165, 1.54) is 4.31 Å². The average Bonchev–Trinajstić information content (AvgIpc) is 2.68. The number of anilines is 1. The lowest BCUT2D eigenvalue weighted by Crippen LogP contribution is -2.32. The Bertz CT molecular complexity index is 903. The summed E-state index contributed by atoms with van der Waals surface area (Å²) >= 11 is 3.34. The Morgan fingerprint density at radius 2 is 1.83 bits per heavy atom. The third-order valence-corrected chi connectivity index (χ3v) is 5.70. The van der Waals surface area contributed by atoms with Crippen LogP contribution in [-0.2, 0) is 14.8 Å². The molecule has 0 aromatic heterocycles. The van der Waals surface area contributed by atoms with Gasteiger partial charge in [0.25, 0.3) is 0 Å². The van der Waals surface area contributed by atoms with Gasteiger partial charge in [-0.15, -0.1) is 0 Å². The Balaban J connectivity index is 1.73. The predicted molar refractivity (Wildman–Crippen MR) is 117 cm³/mol. The molecule has 0 heterocycles. The minimum Gasteiger partial charge on any atom is -0.497 e. The third kappa shape index (κ3) is 7.94. The van der Waals surface area contributed by atoms with Crippen molar-refractivity contribution in [3.05, 3.63) is 53.0 Å². The lowest BCUT2D eigenvalue weighted by molar-refractivity contribution is -0.121. The van der Waals surface area contributed by atoms with Crippen LogP contribution in [0.5, 0.6) is 11.5 Å². The molecule has 1 amide bonds. The first-order chi connectivity index (χ1) is 13.8. The number of hydrogen-bond donors (Lipinski definition) is 1. The van der Waals surface area contributed by atoms with Crippen LogP contribution in [0.1, 0.15) is 12.8 Å². The van der Waals surface area contributed by atoms with Gasteiger partial charge in [0.1, 0.15) is 18.1 Å². The van der Waals surface area contributed by atoms with Gasteiger partial charge in [-0.25, -0.2) is 8.42 Å². The summed E-state index contributed by atoms with van der Waals surface area (Å²) in [7, 11) is -1.84. The Morgan fingerprint density at radius 1 is 1.14 bits per heavy atom. The number of hydrogen-bond acceptors (Lipinski definition) is 5. The zero-order valence-electron chi connectivity index (χ0n) is 16.4. The molecule has 0 atom stereocenters. The molecule has 2 aromatic rings. The Morgan fingerprint density at radius 3 is 2.45 bits per heavy atom. The van der Waals surface area contributed by atoms with Crippen molar-refractivity contribution in [2.24, 2.45) is 0 Å². The van der Waals surface area contributed by atoms with Gasteiger partial charge >= 0.3 is 0 Å². The first-order valence-electron chi connectivity index (χ1n) is 9.06. The summed E-state index contributed by atoms with van der Waals surface area (Å²) in [4.78, 5) is 12.0. The summed E-state index contributed by atoms with van der Waals surface area (Å²) in [5.74, 6) is 1.29. The van der Waals surface area contributed by atoms with Crippen molar-refractivity contribution < 1.29 is 22.7 Å². The minimum absolute atomic E-state index is 0.147. The lowest BCUT2D eigenvalue weighted by Gasteiger charge is -2.22. The molecule has 1 N–H and O–H groups in total. The molecule has 0 saturated carbocycles. The van der Waals surface area contributed by atoms with Crippen molar-refractivity contribution in [1.29, 1.82) is 0 Å². The van der Waals surface area contributed by atoms with Crippen molar-refractivity contribution in [3.8, 4) is 11.5 Å². The standard InChI is InChI=1S/C20H25BrN2O5S/c1-27-18-8-10-19(11-9-18)28-14-12-22-20(24)7-4-13-23(29(2,25)26)17-6-3-5-16(21)15-17/h3,5-6,8-11,15H,4,7,12-14H2,1-2H3,(H,22,24). The maximum absolute atomic E-state index is 12.1. The molecule has 7 nitrogen and oxygen atoms in total. The minimum atomic E-state index is -3.44. The van der Waals surface area contributed by atoms with E-state index in [4.69, 9.17) is 9.47 Å². The van der Waals surface area contributed by atoms with Gasteiger partial charge < -0.3 is 14.8 Å². The highest BCUT2D eigenvalue weighted by molar-refractivity contribution is 9.10. The summed E-state index contributed by atoms with van der Waals surface area (Å²) in [5, 5.41) is 2.77. The summed E-state index contributed by atoms with van der Waals surface area (Å²) < 4.78 is 36.9. The first-order valence-corrected chi connectivity index (χ1v) is 11.7. The summed E-state index contributed by atoms with van der Waals surface area (Å²) in [6, 6.07) is 14.2. The van der Waals surface area contributed by atoms with E-state index >= 15 is 0 Å². The molecule has 0 aliphatic rings. The third-order valence-electron chi connectivity index (χ3n) is 4.01. The second kappa shape index (κ2) is 11.1. The van der Waals surface area contributed by atoms with Gasteiger partial charge in [0.2, 0.25) is 15.9 Å². The normalized spacial score (nSPS) is 11.0. The van der Waals surface area contributed by atoms with E-state index in [-0.39, 0.29) is 18.9 Å². The van der Waals surface area contributed by atoms with Gasteiger partial charge in [0.15, 0.2) is 0 Å². The number of benzene rings is 2. The number of carbonyl (C=O) groups excluding carboxylic acids is 1. The van der Waals surface area contributed by atoms with Gasteiger partial charge in [0, 0.05) is 17.4 Å². The Labute approximate surface area is 180 Å². The second-order valence-electron chi connectivity index (χ2n) is 6.29. The zero-order valence-corrected chi connectivity index (χ0v) is 18.8. The van der Waals surface area contributed by atoms with Gasteiger partial charge in [0.05, 0.1) is 25.6 Å². The highest BCUT2D eigenvalue weighted by atomic mass is 79.9. The molecule has 0 fully saturated rings. The highest BCUT2D eigenvalue weighted by Gasteiger charge is 2.17. The van der Waals surface area contributed by atoms with Crippen LogP contribution in [-0.4, -0.2) is 47.4 Å². The fraction of sp³-hybridized carbons (Fsp3) is 0.350. The molecule has 2 rings (SSSR count). The number of amides is 1. The molecule has 0 spiro atoms. The molecular weight excluding hydrogens is 460 g/mol. The van der Waals surface area contributed by atoms with Crippen molar-refractivity contribution in [3.63, 3.8) is 0 Å². The largest absolute Gasteiger partial charge is 0.497 e. The molecule has 2 aromatic carbocycles. The van der Waals surface area contributed by atoms with Crippen molar-refractivity contribution in [2.75, 3.05) is 37.4 Å². The van der Waals surface area contributed by atoms with E-state index in [0.29, 0.717) is 31.0 Å². The number of sulfonamides is 1. The van der Waals surface area contributed by atoms with E-state index in [0.717, 1.165) is 16.5 Å². The molecule has 9 heteroatoms. The number of methoxy groups -OCH3 is 1. The average molecular weight is 485 g/mol. The van der Waals surface area contributed by atoms with Crippen LogP contribution in [0.2, 0.25) is 0 Å². The number of halogens is 1. The van der Waals surface area contributed by atoms with E-state index in [1.807, 2.05) is 6.07 Å². The monoisotopic (exact) mass is 484 g/mol. The number of carbonyl (C=O) groups is 1. The Kier molecular flexibility index (Phi) is 8.78. The summed E-state index contributed by atoms with van der Waals surface area (Å²) in [6.07, 6.45) is 1.79. The Hall–Kier alpha value is -2.26. The van der Waals surface area contributed by atoms with Crippen LogP contribution in [0, 0.1) is 0 Å². The van der Waals surface area contributed by atoms with Gasteiger partial charge in [-0.3, -0.25) is 9.10 Å². The molecule has 0 aliphatic carbocycles. The number of nitrogens with one attached hydrogen (secondary N) is 1. The summed E-state index contributed by atoms with van der Waals surface area (Å²) in [5.41, 5.74) is 0.565. The highest BCUT2D eigenvalue weighted by Crippen LogP contribution is 2.22. The van der Waals surface area contributed by atoms with Crippen LogP contribution in [0.25, 0.3) is 0 Å². The zero-order chi connectivity index (χ0) is 21.3. The lowest BCUT2D eigenvalue weighted by atomic mass is 10.2. The predicted octanol–water partition coefficient (Wildman–Crippen LogP) is 3.20. The molecule has 158 valence electrons. The molecule has 0 bridgehead atoms. The van der Waals surface area contributed by atoms with E-state index in [9.17, 15) is 13.2 Å². The number of rotatable bonds is 11. The van der Waals surface area contributed by atoms with Crippen LogP contribution in [0.4, 0.5) is 5.69 Å². The fourth-order valence-corrected chi connectivity index (χ4v) is 3.96. The van der Waals surface area contributed by atoms with Crippen molar-refractivity contribution in [1.82, 2.24) is 5.32 Å². The molecule has 29 heavy (non-hydrogen) atoms. The number of ether oxygens (including phenoxy) is 2. The molecule has 0 radical (unpaired) electrons. The van der Waals surface area contributed by atoms with Gasteiger partial charge in [-0.2, -0.15) is 0 Å². The van der Waals surface area contributed by atoms with Crippen LogP contribution in [0.15, 0.2) is 53.0 Å². The topological polar surface area (TPSA) is 84.9 Å². The molecule has 0 unspecified atom stereocenters. The maximum atomic E-state index is 12.1. The SMILES string of the molecule is COc1ccc(OCCNC(=O)CCCN(c2cccc(Br)c2)S(C)(=O)=O)cc1. The maximum Gasteiger partial charge on any atom is 0.232 e. The molecule has 0 saturated heterocycles. The first kappa shape index (κ1) is 23.0. The fourth-order valence-electron chi connectivity index (χ4n) is 2.62. The van der Waals surface area contributed by atoms with Crippen LogP contribution < -0.4 is 19.1 Å². The smallest absolute Gasteiger partial charge is 0.232 e. The number of nitrogens with zero attached hydrogens (tertiary/aromatic N) is 1. The van der Waals surface area contributed by atoms with E-state index in [1.54, 1.807) is 49.6 Å². The van der Waals surface area contributed by atoms with E-state index < -0.39 is 10.0 Å². The van der Waals surface area contributed by atoms with E-state index in [2.05, 4.69) is 21.2 Å². The quantitative estimate of drug-likeness (QED) is 0.495. The van der Waals surface area contributed by atoms with Crippen molar-refractivity contribution in [2.45, 2.75) is 12.8 Å². The van der Waals surface area contributed by atoms with Crippen LogP contribution >= 0.6 is 15.9 Å². The van der Waals surface area contributed by atoms with Gasteiger partial charge in [-0.05, 0) is 48.9 Å². The molecular formula is C20H25BrN2O5S. The second-order valence-corrected chi connectivity index (χ2v) is 9.11. The van der Waals surface area contributed by atoms with Crippen molar-refractivity contribution >= 4 is 37.5 Å².